The van der Waals surface area contributed by atoms with Crippen LogP contribution in [0.1, 0.15) is 5.56 Å². The highest BCUT2D eigenvalue weighted by molar-refractivity contribution is 9.10. The predicted molar refractivity (Wildman–Crippen MR) is 143 cm³/mol. The van der Waals surface area contributed by atoms with E-state index in [9.17, 15) is 24.1 Å². The Balaban J connectivity index is 0.000000158. The molecule has 4 N–H and O–H groups in total. The summed E-state index contributed by atoms with van der Waals surface area (Å²) < 4.78 is 38.3. The summed E-state index contributed by atoms with van der Waals surface area (Å²) in [6.45, 7) is 3.64. The van der Waals surface area contributed by atoms with E-state index in [4.69, 9.17) is 13.9 Å². The van der Waals surface area contributed by atoms with Crippen LogP contribution in [0.2, 0.25) is 0 Å². The van der Waals surface area contributed by atoms with Crippen LogP contribution in [0.4, 0.5) is 8.78 Å². The number of phenolic OH excluding ortho intramolecular Hbond substituents is 4. The molecule has 2 heterocycles. The van der Waals surface area contributed by atoms with E-state index in [1.54, 1.807) is 0 Å². The van der Waals surface area contributed by atoms with Gasteiger partial charge in [0.05, 0.1) is 4.47 Å². The number of nitrogens with zero attached hydrogens (tertiary/aromatic N) is 2. The topological polar surface area (TPSA) is 133 Å². The smallest absolute Gasteiger partial charge is 0.227 e. The lowest BCUT2D eigenvalue weighted by Gasteiger charge is -1.97. The summed E-state index contributed by atoms with van der Waals surface area (Å²) in [6.07, 6.45) is 1.54. The van der Waals surface area contributed by atoms with Crippen molar-refractivity contribution >= 4 is 44.2 Å². The van der Waals surface area contributed by atoms with Gasteiger partial charge < -0.3 is 29.3 Å². The van der Waals surface area contributed by atoms with Gasteiger partial charge >= 0.3 is 0 Å². The van der Waals surface area contributed by atoms with Gasteiger partial charge in [-0.15, -0.1) is 0 Å². The molecule has 196 valence electrons. The molecule has 0 saturated heterocycles. The van der Waals surface area contributed by atoms with Gasteiger partial charge in [-0.05, 0) is 64.5 Å². The highest BCUT2D eigenvalue weighted by atomic mass is 79.9. The Kier molecular flexibility index (Phi) is 6.67. The maximum Gasteiger partial charge on any atom is 0.227 e. The SMILES string of the molecule is C=Cc1cc(O)cc2nc(-c3ccc(O)c(F)c3)oc12.Oc1cc(Br)c2oc(-c3ccc(O)c(F)c3)nc2c1. The molecule has 4 aromatic carbocycles. The molecule has 6 aromatic rings. The second-order valence-corrected chi connectivity index (χ2v) is 9.09. The minimum Gasteiger partial charge on any atom is -0.508 e. The van der Waals surface area contributed by atoms with Crippen LogP contribution in [0, 0.1) is 11.6 Å². The van der Waals surface area contributed by atoms with Gasteiger partial charge in [-0.3, -0.25) is 0 Å². The molecule has 0 spiro atoms. The van der Waals surface area contributed by atoms with Crippen molar-refractivity contribution in [2.24, 2.45) is 0 Å². The van der Waals surface area contributed by atoms with Crippen LogP contribution in [-0.2, 0) is 0 Å². The number of aromatic nitrogens is 2. The van der Waals surface area contributed by atoms with E-state index in [2.05, 4.69) is 32.5 Å². The van der Waals surface area contributed by atoms with Crippen molar-refractivity contribution in [3.63, 3.8) is 0 Å². The van der Waals surface area contributed by atoms with Crippen LogP contribution in [0.5, 0.6) is 23.0 Å². The van der Waals surface area contributed by atoms with Crippen molar-refractivity contribution < 1.29 is 38.0 Å². The average molecular weight is 595 g/mol. The van der Waals surface area contributed by atoms with E-state index >= 15 is 0 Å². The fourth-order valence-electron chi connectivity index (χ4n) is 3.70. The monoisotopic (exact) mass is 594 g/mol. The van der Waals surface area contributed by atoms with Crippen LogP contribution < -0.4 is 0 Å². The largest absolute Gasteiger partial charge is 0.508 e. The maximum absolute atomic E-state index is 13.4. The number of aromatic hydroxyl groups is 4. The summed E-state index contributed by atoms with van der Waals surface area (Å²) >= 11 is 3.25. The molecule has 0 aliphatic carbocycles. The van der Waals surface area contributed by atoms with Gasteiger partial charge in [0, 0.05) is 28.8 Å². The maximum atomic E-state index is 13.4. The average Bonchev–Trinajstić information content (AvgIpc) is 3.52. The molecule has 0 unspecified atom stereocenters. The van der Waals surface area contributed by atoms with E-state index in [0.29, 0.717) is 43.4 Å². The minimum atomic E-state index is -0.753. The highest BCUT2D eigenvalue weighted by Gasteiger charge is 2.15. The Bertz CT molecular complexity index is 1880. The number of halogens is 3. The first-order chi connectivity index (χ1) is 18.6. The molecule has 2 aromatic heterocycles. The summed E-state index contributed by atoms with van der Waals surface area (Å²) in [5.41, 5.74) is 3.21. The number of phenols is 4. The molecule has 0 radical (unpaired) electrons. The minimum absolute atomic E-state index is 0.0455. The van der Waals surface area contributed by atoms with Gasteiger partial charge in [0.25, 0.3) is 0 Å². The zero-order valence-corrected chi connectivity index (χ0v) is 21.3. The number of hydrogen-bond acceptors (Lipinski definition) is 8. The lowest BCUT2D eigenvalue weighted by atomic mass is 10.2. The third kappa shape index (κ3) is 5.12. The fourth-order valence-corrected chi connectivity index (χ4v) is 4.22. The standard InChI is InChI=1S/C15H10FNO3.C13H7BrFNO3/c1-2-8-5-10(18)7-12-14(8)20-15(17-12)9-3-4-13(19)11(16)6-9;14-8-4-7(17)5-10-12(8)19-13(16-10)6-1-2-11(18)9(15)3-6/h2-7,18-19H,1H2;1-5,17-18H. The third-order valence-electron chi connectivity index (χ3n) is 5.54. The second kappa shape index (κ2) is 10.1. The third-order valence-corrected chi connectivity index (χ3v) is 6.13. The number of fused-ring (bicyclic) bond motifs is 2. The number of hydrogen-bond donors (Lipinski definition) is 4. The van der Waals surface area contributed by atoms with Gasteiger partial charge in [-0.1, -0.05) is 12.7 Å². The van der Waals surface area contributed by atoms with Gasteiger partial charge in [0.15, 0.2) is 34.3 Å². The highest BCUT2D eigenvalue weighted by Crippen LogP contribution is 2.34. The summed E-state index contributed by atoms with van der Waals surface area (Å²) in [4.78, 5) is 8.37. The predicted octanol–water partition coefficient (Wildman–Crippen LogP) is 7.50. The molecular formula is C28H17BrF2N2O6. The van der Waals surface area contributed by atoms with Crippen LogP contribution in [0.3, 0.4) is 0 Å². The van der Waals surface area contributed by atoms with Crippen molar-refractivity contribution in [3.8, 4) is 45.9 Å². The zero-order chi connectivity index (χ0) is 27.8. The first-order valence-corrected chi connectivity index (χ1v) is 11.9. The van der Waals surface area contributed by atoms with E-state index in [1.165, 1.54) is 54.6 Å². The van der Waals surface area contributed by atoms with E-state index in [0.717, 1.165) is 12.1 Å². The van der Waals surface area contributed by atoms with E-state index in [-0.39, 0.29) is 23.3 Å². The molecule has 0 aliphatic heterocycles. The number of oxazole rings is 2. The molecule has 11 heteroatoms. The van der Waals surface area contributed by atoms with Gasteiger partial charge in [0.1, 0.15) is 22.5 Å². The molecule has 0 saturated carbocycles. The Morgan fingerprint density at radius 1 is 0.692 bits per heavy atom. The van der Waals surface area contributed by atoms with Crippen molar-refractivity contribution in [2.75, 3.05) is 0 Å². The Morgan fingerprint density at radius 2 is 1.18 bits per heavy atom. The quantitative estimate of drug-likeness (QED) is 0.165. The lowest BCUT2D eigenvalue weighted by Crippen LogP contribution is -1.80. The molecule has 0 fully saturated rings. The Hall–Kier alpha value is -4.90. The Morgan fingerprint density at radius 3 is 1.69 bits per heavy atom. The van der Waals surface area contributed by atoms with Gasteiger partial charge in [0.2, 0.25) is 11.8 Å². The van der Waals surface area contributed by atoms with Crippen molar-refractivity contribution in [2.45, 2.75) is 0 Å². The number of rotatable bonds is 3. The van der Waals surface area contributed by atoms with E-state index in [1.807, 2.05) is 0 Å². The first kappa shape index (κ1) is 25.7. The Labute approximate surface area is 226 Å². The summed E-state index contributed by atoms with van der Waals surface area (Å²) in [5.74, 6) is -1.86. The van der Waals surface area contributed by atoms with Crippen molar-refractivity contribution in [3.05, 3.63) is 88.9 Å². The molecule has 0 aliphatic rings. The summed E-state index contributed by atoms with van der Waals surface area (Å²) in [5, 5.41) is 37.4. The van der Waals surface area contributed by atoms with Crippen molar-refractivity contribution in [1.29, 1.82) is 0 Å². The molecule has 0 atom stereocenters. The van der Waals surface area contributed by atoms with E-state index < -0.39 is 23.1 Å². The van der Waals surface area contributed by atoms with Gasteiger partial charge in [-0.2, -0.15) is 0 Å². The van der Waals surface area contributed by atoms with Crippen LogP contribution in [0.25, 0.3) is 51.2 Å². The molecule has 8 nitrogen and oxygen atoms in total. The lowest BCUT2D eigenvalue weighted by molar-refractivity contribution is 0.432. The summed E-state index contributed by atoms with van der Waals surface area (Å²) in [7, 11) is 0. The molecule has 39 heavy (non-hydrogen) atoms. The summed E-state index contributed by atoms with van der Waals surface area (Å²) in [6, 6.07) is 13.6. The number of benzene rings is 4. The van der Waals surface area contributed by atoms with Gasteiger partial charge in [-0.25, -0.2) is 18.7 Å². The second-order valence-electron chi connectivity index (χ2n) is 8.23. The molecule has 0 amide bonds. The molecule has 0 bridgehead atoms. The molecule has 6 rings (SSSR count). The fraction of sp³-hybridized carbons (Fsp3) is 0. The zero-order valence-electron chi connectivity index (χ0n) is 19.7. The molecular weight excluding hydrogens is 578 g/mol. The van der Waals surface area contributed by atoms with Crippen LogP contribution >= 0.6 is 15.9 Å². The van der Waals surface area contributed by atoms with Crippen LogP contribution in [-0.4, -0.2) is 30.4 Å². The normalized spacial score (nSPS) is 10.9. The van der Waals surface area contributed by atoms with Crippen LogP contribution in [0.15, 0.2) is 80.5 Å². The van der Waals surface area contributed by atoms with Crippen molar-refractivity contribution in [1.82, 2.24) is 9.97 Å². The first-order valence-electron chi connectivity index (χ1n) is 11.2.